The average molecular weight is 259 g/mol. The highest BCUT2D eigenvalue weighted by atomic mass is 16.5. The molecule has 0 spiro atoms. The molecule has 102 valence electrons. The van der Waals surface area contributed by atoms with Crippen molar-refractivity contribution in [3.05, 3.63) is 60.1 Å². The average Bonchev–Trinajstić information content (AvgIpc) is 2.96. The van der Waals surface area contributed by atoms with Gasteiger partial charge in [-0.05, 0) is 37.1 Å². The van der Waals surface area contributed by atoms with Crippen molar-refractivity contribution < 1.29 is 9.15 Å². The molecule has 0 saturated carbocycles. The van der Waals surface area contributed by atoms with Crippen molar-refractivity contribution in [3.63, 3.8) is 0 Å². The van der Waals surface area contributed by atoms with E-state index in [9.17, 15) is 0 Å². The van der Waals surface area contributed by atoms with E-state index >= 15 is 0 Å². The second-order valence-electron chi connectivity index (χ2n) is 4.46. The first-order valence-electron chi connectivity index (χ1n) is 6.80. The molecule has 0 unspecified atom stereocenters. The molecule has 3 nitrogen and oxygen atoms in total. The minimum atomic E-state index is 0.789. The molecule has 2 rings (SSSR count). The zero-order chi connectivity index (χ0) is 13.2. The molecule has 0 fully saturated rings. The van der Waals surface area contributed by atoms with Gasteiger partial charge < -0.3 is 14.5 Å². The summed E-state index contributed by atoms with van der Waals surface area (Å²) < 4.78 is 10.8. The maximum Gasteiger partial charge on any atom is 0.117 e. The van der Waals surface area contributed by atoms with Crippen molar-refractivity contribution >= 4 is 0 Å². The predicted octanol–water partition coefficient (Wildman–Crippen LogP) is 3.02. The zero-order valence-corrected chi connectivity index (χ0v) is 11.2. The summed E-state index contributed by atoms with van der Waals surface area (Å²) in [6.07, 6.45) is 3.71. The van der Waals surface area contributed by atoms with Crippen LogP contribution in [0.1, 0.15) is 17.7 Å². The number of nitrogens with one attached hydrogen (secondary N) is 1. The molecule has 1 aromatic carbocycles. The molecule has 1 heterocycles. The lowest BCUT2D eigenvalue weighted by Gasteiger charge is -2.05. The van der Waals surface area contributed by atoms with Gasteiger partial charge in [0.25, 0.3) is 0 Å². The van der Waals surface area contributed by atoms with Crippen LogP contribution in [0.3, 0.4) is 0 Å². The highest BCUT2D eigenvalue weighted by Gasteiger charge is 1.95. The molecule has 0 amide bonds. The lowest BCUT2D eigenvalue weighted by atomic mass is 10.2. The third-order valence-corrected chi connectivity index (χ3v) is 2.90. The van der Waals surface area contributed by atoms with Crippen molar-refractivity contribution in [2.75, 3.05) is 19.8 Å². The molecule has 0 aliphatic carbocycles. The highest BCUT2D eigenvalue weighted by molar-refractivity contribution is 5.14. The van der Waals surface area contributed by atoms with Gasteiger partial charge in [-0.1, -0.05) is 30.3 Å². The Morgan fingerprint density at radius 2 is 1.89 bits per heavy atom. The van der Waals surface area contributed by atoms with E-state index in [1.807, 2.05) is 18.2 Å². The van der Waals surface area contributed by atoms with Crippen LogP contribution in [-0.2, 0) is 17.7 Å². The van der Waals surface area contributed by atoms with Gasteiger partial charge in [0.1, 0.15) is 5.76 Å². The Kier molecular flexibility index (Phi) is 6.20. The van der Waals surface area contributed by atoms with Gasteiger partial charge in [0, 0.05) is 6.61 Å². The van der Waals surface area contributed by atoms with Crippen LogP contribution in [0.4, 0.5) is 0 Å². The van der Waals surface area contributed by atoms with E-state index in [1.165, 1.54) is 5.56 Å². The monoisotopic (exact) mass is 259 g/mol. The van der Waals surface area contributed by atoms with E-state index in [0.717, 1.165) is 44.9 Å². The first kappa shape index (κ1) is 13.8. The van der Waals surface area contributed by atoms with E-state index in [1.54, 1.807) is 6.26 Å². The number of hydrogen-bond donors (Lipinski definition) is 1. The fourth-order valence-electron chi connectivity index (χ4n) is 1.86. The van der Waals surface area contributed by atoms with Crippen molar-refractivity contribution in [2.45, 2.75) is 19.4 Å². The maximum atomic E-state index is 5.61. The van der Waals surface area contributed by atoms with Crippen molar-refractivity contribution in [2.24, 2.45) is 0 Å². The molecule has 0 atom stereocenters. The normalized spacial score (nSPS) is 10.7. The molecule has 0 aliphatic rings. The van der Waals surface area contributed by atoms with Crippen LogP contribution < -0.4 is 5.32 Å². The highest BCUT2D eigenvalue weighted by Crippen LogP contribution is 2.00. The summed E-state index contributed by atoms with van der Waals surface area (Å²) in [5, 5.41) is 3.32. The van der Waals surface area contributed by atoms with Crippen LogP contribution in [0.25, 0.3) is 0 Å². The Balaban J connectivity index is 1.42. The molecule has 2 aromatic rings. The smallest absolute Gasteiger partial charge is 0.117 e. The van der Waals surface area contributed by atoms with Gasteiger partial charge in [-0.15, -0.1) is 0 Å². The summed E-state index contributed by atoms with van der Waals surface area (Å²) in [5.41, 5.74) is 1.33. The first-order chi connectivity index (χ1) is 9.45. The Morgan fingerprint density at radius 1 is 1.00 bits per heavy atom. The number of hydrogen-bond acceptors (Lipinski definition) is 3. The lowest BCUT2D eigenvalue weighted by Crippen LogP contribution is -2.16. The summed E-state index contributed by atoms with van der Waals surface area (Å²) in [4.78, 5) is 0. The minimum Gasteiger partial charge on any atom is -0.468 e. The Labute approximate surface area is 114 Å². The van der Waals surface area contributed by atoms with Crippen LogP contribution in [0.15, 0.2) is 53.1 Å². The summed E-state index contributed by atoms with van der Waals surface area (Å²) >= 11 is 0. The summed E-state index contributed by atoms with van der Waals surface area (Å²) in [7, 11) is 0. The topological polar surface area (TPSA) is 34.4 Å². The summed E-state index contributed by atoms with van der Waals surface area (Å²) in [5.74, 6) is 0.977. The zero-order valence-electron chi connectivity index (χ0n) is 11.2. The van der Waals surface area contributed by atoms with E-state index in [2.05, 4.69) is 29.6 Å². The van der Waals surface area contributed by atoms with Gasteiger partial charge >= 0.3 is 0 Å². The number of benzene rings is 1. The second-order valence-corrected chi connectivity index (χ2v) is 4.46. The van der Waals surface area contributed by atoms with Gasteiger partial charge in [-0.3, -0.25) is 0 Å². The molecule has 3 heteroatoms. The lowest BCUT2D eigenvalue weighted by molar-refractivity contribution is 0.134. The molecule has 0 bridgehead atoms. The van der Waals surface area contributed by atoms with E-state index in [4.69, 9.17) is 9.15 Å². The number of furan rings is 1. The van der Waals surface area contributed by atoms with Crippen LogP contribution in [-0.4, -0.2) is 19.8 Å². The molecule has 0 radical (unpaired) electrons. The van der Waals surface area contributed by atoms with Gasteiger partial charge in [0.15, 0.2) is 0 Å². The largest absolute Gasteiger partial charge is 0.468 e. The van der Waals surface area contributed by atoms with Crippen molar-refractivity contribution in [1.29, 1.82) is 0 Å². The van der Waals surface area contributed by atoms with Crippen molar-refractivity contribution in [3.8, 4) is 0 Å². The Bertz CT molecular complexity index is 425. The van der Waals surface area contributed by atoms with Crippen molar-refractivity contribution in [1.82, 2.24) is 5.32 Å². The molecular formula is C16H21NO2. The SMILES string of the molecule is c1ccc(CCOCCCNCc2ccco2)cc1. The predicted molar refractivity (Wildman–Crippen MR) is 76.0 cm³/mol. The quantitative estimate of drug-likeness (QED) is 0.703. The summed E-state index contributed by atoms with van der Waals surface area (Å²) in [6, 6.07) is 14.3. The van der Waals surface area contributed by atoms with Crippen LogP contribution in [0.2, 0.25) is 0 Å². The standard InChI is InChI=1S/C16H21NO2/c1-2-6-15(7-3-1)9-13-18-11-5-10-17-14-16-8-4-12-19-16/h1-4,6-8,12,17H,5,9-11,13-14H2. The van der Waals surface area contributed by atoms with E-state index < -0.39 is 0 Å². The first-order valence-corrected chi connectivity index (χ1v) is 6.80. The molecular weight excluding hydrogens is 238 g/mol. The molecule has 0 aliphatic heterocycles. The molecule has 19 heavy (non-hydrogen) atoms. The third-order valence-electron chi connectivity index (χ3n) is 2.90. The second kappa shape index (κ2) is 8.51. The van der Waals surface area contributed by atoms with Gasteiger partial charge in [0.2, 0.25) is 0 Å². The van der Waals surface area contributed by atoms with Gasteiger partial charge in [-0.2, -0.15) is 0 Å². The van der Waals surface area contributed by atoms with E-state index in [0.29, 0.717) is 0 Å². The van der Waals surface area contributed by atoms with Gasteiger partial charge in [-0.25, -0.2) is 0 Å². The van der Waals surface area contributed by atoms with Gasteiger partial charge in [0.05, 0.1) is 19.4 Å². The van der Waals surface area contributed by atoms with Crippen LogP contribution in [0.5, 0.6) is 0 Å². The molecule has 1 N–H and O–H groups in total. The number of ether oxygens (including phenoxy) is 1. The minimum absolute atomic E-state index is 0.789. The van der Waals surface area contributed by atoms with E-state index in [-0.39, 0.29) is 0 Å². The fourth-order valence-corrected chi connectivity index (χ4v) is 1.86. The summed E-state index contributed by atoms with van der Waals surface area (Å²) in [6.45, 7) is 3.34. The number of rotatable bonds is 9. The Hall–Kier alpha value is -1.58. The Morgan fingerprint density at radius 3 is 2.68 bits per heavy atom. The van der Waals surface area contributed by atoms with Crippen LogP contribution >= 0.6 is 0 Å². The third kappa shape index (κ3) is 5.73. The fraction of sp³-hybridized carbons (Fsp3) is 0.375. The molecule has 0 saturated heterocycles. The molecule has 1 aromatic heterocycles. The maximum absolute atomic E-state index is 5.61. The van der Waals surface area contributed by atoms with Crippen LogP contribution in [0, 0.1) is 0 Å².